The van der Waals surface area contributed by atoms with Crippen molar-refractivity contribution in [1.29, 1.82) is 0 Å². The van der Waals surface area contributed by atoms with Gasteiger partial charge in [0.05, 0.1) is 7.14 Å². The van der Waals surface area contributed by atoms with Crippen LogP contribution in [0.15, 0.2) is 24.3 Å². The van der Waals surface area contributed by atoms with Crippen molar-refractivity contribution in [2.24, 2.45) is 23.0 Å². The fraction of sp³-hybridized carbons (Fsp3) is 0.684. The zero-order valence-corrected chi connectivity index (χ0v) is 37.1. The highest BCUT2D eigenvalue weighted by atomic mass is 127. The van der Waals surface area contributed by atoms with E-state index < -0.39 is 17.2 Å². The van der Waals surface area contributed by atoms with Crippen LogP contribution in [0.5, 0.6) is 11.5 Å². The molecule has 46 heavy (non-hydrogen) atoms. The number of nitrogens with two attached hydrogens (primary N) is 1. The third-order valence-electron chi connectivity index (χ3n) is 10.6. The summed E-state index contributed by atoms with van der Waals surface area (Å²) < 4.78 is 11.0. The molecule has 3 rings (SSSR count). The molecule has 2 aromatic rings. The summed E-state index contributed by atoms with van der Waals surface area (Å²) in [6, 6.07) is 8.67. The van der Waals surface area contributed by atoms with Crippen LogP contribution in [0.25, 0.3) is 0 Å². The van der Waals surface area contributed by atoms with Crippen LogP contribution in [0.1, 0.15) is 135 Å². The van der Waals surface area contributed by atoms with E-state index in [9.17, 15) is 10.2 Å². The first-order valence-corrected chi connectivity index (χ1v) is 21.9. The molecule has 8 heteroatoms. The van der Waals surface area contributed by atoms with Gasteiger partial charge in [0.1, 0.15) is 5.75 Å². The molecule has 1 fully saturated rings. The summed E-state index contributed by atoms with van der Waals surface area (Å²) in [5.41, 5.74) is 8.85. The Morgan fingerprint density at radius 3 is 1.91 bits per heavy atom. The summed E-state index contributed by atoms with van der Waals surface area (Å²) in [4.78, 5) is 0. The maximum atomic E-state index is 11.2. The average molecular weight is 1080 g/mol. The van der Waals surface area contributed by atoms with E-state index in [1.54, 1.807) is 0 Å². The van der Waals surface area contributed by atoms with Crippen LogP contribution in [-0.2, 0) is 6.42 Å². The number of aliphatic hydroxyl groups excluding tert-OH is 1. The third kappa shape index (κ3) is 12.1. The highest BCUT2D eigenvalue weighted by molar-refractivity contribution is 14.1. The second-order valence-electron chi connectivity index (χ2n) is 14.3. The van der Waals surface area contributed by atoms with E-state index in [2.05, 4.69) is 142 Å². The Morgan fingerprint density at radius 1 is 0.826 bits per heavy atom. The normalized spacial score (nSPS) is 18.3. The topological polar surface area (TPSA) is 75.7 Å². The monoisotopic (exact) mass is 1080 g/mol. The van der Waals surface area contributed by atoms with Crippen molar-refractivity contribution in [3.63, 3.8) is 0 Å². The van der Waals surface area contributed by atoms with Gasteiger partial charge < -0.3 is 20.7 Å². The number of benzene rings is 2. The highest BCUT2D eigenvalue weighted by Crippen LogP contribution is 2.48. The summed E-state index contributed by atoms with van der Waals surface area (Å²) in [5.74, 6) is 2.22. The van der Waals surface area contributed by atoms with E-state index in [4.69, 9.17) is 10.5 Å². The minimum atomic E-state index is -1.42. The Bertz CT molecular complexity index is 1180. The molecule has 0 heterocycles. The van der Waals surface area contributed by atoms with Crippen molar-refractivity contribution >= 4 is 90.4 Å². The van der Waals surface area contributed by atoms with Crippen LogP contribution in [-0.4, -0.2) is 22.0 Å². The van der Waals surface area contributed by atoms with E-state index in [0.717, 1.165) is 63.6 Å². The minimum Gasteiger partial charge on any atom is -0.455 e. The lowest BCUT2D eigenvalue weighted by atomic mass is 9.59. The van der Waals surface area contributed by atoms with Crippen molar-refractivity contribution in [1.82, 2.24) is 0 Å². The van der Waals surface area contributed by atoms with E-state index in [-0.39, 0.29) is 5.92 Å². The number of hydrogen-bond acceptors (Lipinski definition) is 4. The number of hydrogen-bond donors (Lipinski definition) is 3. The number of rotatable bonds is 16. The van der Waals surface area contributed by atoms with Gasteiger partial charge in [0, 0.05) is 18.1 Å². The lowest BCUT2D eigenvalue weighted by Crippen LogP contribution is -2.57. The summed E-state index contributed by atoms with van der Waals surface area (Å²) in [5, 5.41) is 22.4. The van der Waals surface area contributed by atoms with Gasteiger partial charge in [-0.1, -0.05) is 97.8 Å². The van der Waals surface area contributed by atoms with Crippen LogP contribution in [0.2, 0.25) is 0 Å². The predicted octanol–water partition coefficient (Wildman–Crippen LogP) is 12.3. The second-order valence-corrected chi connectivity index (χ2v) is 19.0. The second kappa shape index (κ2) is 20.2. The zero-order valence-electron chi connectivity index (χ0n) is 28.5. The van der Waals surface area contributed by atoms with Gasteiger partial charge in [-0.3, -0.25) is 0 Å². The van der Waals surface area contributed by atoms with Crippen molar-refractivity contribution in [2.45, 2.75) is 149 Å². The van der Waals surface area contributed by atoms with Gasteiger partial charge in [-0.25, -0.2) is 0 Å². The largest absolute Gasteiger partial charge is 0.455 e. The first-order valence-electron chi connectivity index (χ1n) is 17.6. The fourth-order valence-electron chi connectivity index (χ4n) is 7.33. The zero-order chi connectivity index (χ0) is 33.9. The lowest BCUT2D eigenvalue weighted by Gasteiger charge is -2.50. The molecule has 0 bridgehead atoms. The predicted molar refractivity (Wildman–Crippen MR) is 228 cm³/mol. The Balaban J connectivity index is 1.92. The van der Waals surface area contributed by atoms with Crippen molar-refractivity contribution in [3.8, 4) is 11.5 Å². The Morgan fingerprint density at radius 2 is 1.37 bits per heavy atom. The summed E-state index contributed by atoms with van der Waals surface area (Å²) >= 11 is 9.56. The molecule has 3 atom stereocenters. The van der Waals surface area contributed by atoms with Gasteiger partial charge in [-0.05, 0) is 177 Å². The quantitative estimate of drug-likeness (QED) is 0.0889. The summed E-state index contributed by atoms with van der Waals surface area (Å²) in [6.45, 7) is 8.86. The number of halogens is 4. The van der Waals surface area contributed by atoms with Crippen molar-refractivity contribution in [3.05, 3.63) is 49.7 Å². The molecule has 4 N–H and O–H groups in total. The van der Waals surface area contributed by atoms with Crippen molar-refractivity contribution < 1.29 is 14.9 Å². The van der Waals surface area contributed by atoms with Crippen LogP contribution in [0, 0.1) is 38.5 Å². The molecule has 3 unspecified atom stereocenters. The highest BCUT2D eigenvalue weighted by Gasteiger charge is 2.49. The smallest absolute Gasteiger partial charge is 0.157 e. The SMILES string of the molecule is CCCCCCCC(C)CCC(C)(C(O)O)C(Cc1cc(I)c(Oc2cc(I)c(C)c(I)c2)c(I)c1)C1(N)CCCCCCCC1. The number of aliphatic hydroxyl groups is 2. The Labute approximate surface area is 334 Å². The van der Waals surface area contributed by atoms with Gasteiger partial charge >= 0.3 is 0 Å². The molecule has 0 aliphatic heterocycles. The minimum absolute atomic E-state index is 0.0616. The summed E-state index contributed by atoms with van der Waals surface area (Å²) in [6.07, 6.45) is 17.8. The molecule has 0 spiro atoms. The van der Waals surface area contributed by atoms with Crippen LogP contribution >= 0.6 is 90.4 Å². The van der Waals surface area contributed by atoms with E-state index in [1.165, 1.54) is 82.5 Å². The lowest BCUT2D eigenvalue weighted by molar-refractivity contribution is -0.168. The number of ether oxygens (including phenoxy) is 1. The molecular weight excluding hydrogens is 1030 g/mol. The molecule has 1 aliphatic rings. The van der Waals surface area contributed by atoms with Gasteiger partial charge in [0.25, 0.3) is 0 Å². The molecule has 260 valence electrons. The van der Waals surface area contributed by atoms with Gasteiger partial charge in [-0.15, -0.1) is 0 Å². The first kappa shape index (κ1) is 41.5. The molecule has 1 saturated carbocycles. The first-order chi connectivity index (χ1) is 21.8. The molecule has 0 amide bonds. The molecule has 2 aromatic carbocycles. The Hall–Kier alpha value is 1.04. The molecule has 4 nitrogen and oxygen atoms in total. The summed E-state index contributed by atoms with van der Waals surface area (Å²) in [7, 11) is 0. The van der Waals surface area contributed by atoms with Crippen LogP contribution in [0.3, 0.4) is 0 Å². The average Bonchev–Trinajstić information content (AvgIpc) is 3.11. The molecule has 0 saturated heterocycles. The maximum Gasteiger partial charge on any atom is 0.157 e. The van der Waals surface area contributed by atoms with Crippen molar-refractivity contribution in [2.75, 3.05) is 0 Å². The van der Waals surface area contributed by atoms with Crippen LogP contribution < -0.4 is 10.5 Å². The fourth-order valence-corrected chi connectivity index (χ4v) is 11.2. The standard InChI is InChI=1S/C38H57I4NO3/c1-5-6-7-10-13-16-26(2)17-20-37(4,36(44)45)34(38(43)18-14-11-8-9-12-15-19-38)23-28-21-32(41)35(33(42)22-28)46-29-24-30(39)27(3)31(40)25-29/h21-22,24-26,34,36,44-45H,5-20,23,43H2,1-4H3. The third-order valence-corrected chi connectivity index (χ3v) is 14.4. The molecule has 0 radical (unpaired) electrons. The van der Waals surface area contributed by atoms with Crippen LogP contribution in [0.4, 0.5) is 0 Å². The Kier molecular flexibility index (Phi) is 18.2. The van der Waals surface area contributed by atoms with Gasteiger partial charge in [0.2, 0.25) is 0 Å². The molecule has 0 aromatic heterocycles. The van der Waals surface area contributed by atoms with Gasteiger partial charge in [-0.2, -0.15) is 0 Å². The maximum absolute atomic E-state index is 11.2. The van der Waals surface area contributed by atoms with E-state index in [1.807, 2.05) is 0 Å². The van der Waals surface area contributed by atoms with E-state index in [0.29, 0.717) is 5.92 Å². The number of unbranched alkanes of at least 4 members (excludes halogenated alkanes) is 4. The molecular formula is C38H57I4NO3. The van der Waals surface area contributed by atoms with E-state index >= 15 is 0 Å². The van der Waals surface area contributed by atoms with Gasteiger partial charge in [0.15, 0.2) is 12.0 Å². The molecule has 1 aliphatic carbocycles.